The van der Waals surface area contributed by atoms with Crippen LogP contribution in [0.15, 0.2) is 188 Å². The van der Waals surface area contributed by atoms with Gasteiger partial charge in [0.15, 0.2) is 11.4 Å². The van der Waals surface area contributed by atoms with Crippen LogP contribution in [0.3, 0.4) is 0 Å². The summed E-state index contributed by atoms with van der Waals surface area (Å²) in [7, 11) is 0. The van der Waals surface area contributed by atoms with Crippen molar-refractivity contribution in [3.63, 3.8) is 0 Å². The summed E-state index contributed by atoms with van der Waals surface area (Å²) in [6, 6.07) is 62.3. The summed E-state index contributed by atoms with van der Waals surface area (Å²) in [5, 5.41) is 23.8. The molecule has 11 aromatic rings. The number of nitriles is 2. The van der Waals surface area contributed by atoms with E-state index in [1.54, 1.807) is 18.2 Å². The normalized spacial score (nSPS) is 11.4. The maximum Gasteiger partial charge on any atom is 0.415 e. The summed E-state index contributed by atoms with van der Waals surface area (Å²) in [6.45, 7) is 16.7. The van der Waals surface area contributed by atoms with E-state index in [-0.39, 0.29) is 5.69 Å². The molecule has 0 fully saturated rings. The Morgan fingerprint density at radius 1 is 0.412 bits per heavy atom. The van der Waals surface area contributed by atoms with Crippen molar-refractivity contribution in [1.82, 2.24) is 9.13 Å². The highest BCUT2D eigenvalue weighted by molar-refractivity contribution is 6.13. The summed E-state index contributed by atoms with van der Waals surface area (Å²) >= 11 is 0. The molecule has 318 valence electrons. The number of aromatic nitrogens is 2. The van der Waals surface area contributed by atoms with Crippen LogP contribution in [-0.4, -0.2) is 9.13 Å². The Balaban J connectivity index is 1.23. The van der Waals surface area contributed by atoms with Crippen LogP contribution in [0.25, 0.3) is 109 Å². The second-order valence-electron chi connectivity index (χ2n) is 16.3. The first-order valence-corrected chi connectivity index (χ1v) is 21.5. The number of rotatable bonds is 6. The Hall–Kier alpha value is -9.67. The van der Waals surface area contributed by atoms with Crippen molar-refractivity contribution in [3.8, 4) is 68.0 Å². The standard InChI is InChI=1S/C59H31F3N6/c1-65-50-18-11-21-57(68-53-20-10-8-17-46(53)48-31-37(23-28-55(48)68)43-15-6-4-13-40(43)35-64)58(50)49-32-38(44-26-25-41(59(60,61)62)33-51(44)66-2)24-29-56(49)67-52-19-9-7-16-45(52)47-30-36(22-27-54(47)67)42-14-5-3-12-39(42)34-63/h3-33H. The number of halogens is 3. The molecule has 2 heterocycles. The highest BCUT2D eigenvalue weighted by Gasteiger charge is 2.31. The largest absolute Gasteiger partial charge is 0.415 e. The van der Waals surface area contributed by atoms with Gasteiger partial charge in [0.05, 0.1) is 64.2 Å². The van der Waals surface area contributed by atoms with Gasteiger partial charge in [-0.3, -0.25) is 0 Å². The molecule has 0 aliphatic rings. The van der Waals surface area contributed by atoms with E-state index in [9.17, 15) is 23.7 Å². The molecule has 0 unspecified atom stereocenters. The molecule has 0 saturated heterocycles. The first-order chi connectivity index (χ1) is 33.2. The van der Waals surface area contributed by atoms with E-state index in [1.165, 1.54) is 6.07 Å². The van der Waals surface area contributed by atoms with E-state index < -0.39 is 11.7 Å². The zero-order chi connectivity index (χ0) is 46.7. The number of nitrogens with zero attached hydrogens (tertiary/aromatic N) is 6. The van der Waals surface area contributed by atoms with E-state index in [2.05, 4.69) is 49.2 Å². The topological polar surface area (TPSA) is 66.2 Å². The first kappa shape index (κ1) is 41.1. The minimum atomic E-state index is -4.65. The minimum Gasteiger partial charge on any atom is -0.310 e. The maximum atomic E-state index is 14.0. The molecule has 0 radical (unpaired) electrons. The molecule has 9 heteroatoms. The van der Waals surface area contributed by atoms with Gasteiger partial charge in [0, 0.05) is 38.4 Å². The predicted octanol–water partition coefficient (Wildman–Crippen LogP) is 16.4. The fourth-order valence-electron chi connectivity index (χ4n) is 9.69. The van der Waals surface area contributed by atoms with Crippen molar-refractivity contribution in [2.45, 2.75) is 6.18 Å². The van der Waals surface area contributed by atoms with Crippen LogP contribution in [0.1, 0.15) is 16.7 Å². The number of hydrogen-bond donors (Lipinski definition) is 0. The monoisotopic (exact) mass is 880 g/mol. The fraction of sp³-hybridized carbons (Fsp3) is 0.0169. The molecule has 0 amide bonds. The lowest BCUT2D eigenvalue weighted by Crippen LogP contribution is -2.04. The van der Waals surface area contributed by atoms with E-state index in [1.807, 2.05) is 133 Å². The Morgan fingerprint density at radius 3 is 1.47 bits per heavy atom. The van der Waals surface area contributed by atoms with Gasteiger partial charge in [0.25, 0.3) is 0 Å². The van der Waals surface area contributed by atoms with Crippen LogP contribution >= 0.6 is 0 Å². The Kier molecular flexibility index (Phi) is 9.72. The second kappa shape index (κ2) is 16.1. The molecule has 68 heavy (non-hydrogen) atoms. The molecule has 0 N–H and O–H groups in total. The van der Waals surface area contributed by atoms with E-state index in [0.717, 1.165) is 78.0 Å². The molecule has 0 atom stereocenters. The molecule has 0 spiro atoms. The molecule has 0 saturated carbocycles. The first-order valence-electron chi connectivity index (χ1n) is 21.5. The average Bonchev–Trinajstić information content (AvgIpc) is 3.89. The fourth-order valence-corrected chi connectivity index (χ4v) is 9.69. The zero-order valence-electron chi connectivity index (χ0n) is 35.7. The molecule has 0 aliphatic heterocycles. The molecule has 9 aromatic carbocycles. The van der Waals surface area contributed by atoms with Crippen LogP contribution in [0, 0.1) is 35.8 Å². The number of alkyl halides is 3. The summed E-state index contributed by atoms with van der Waals surface area (Å²) in [5.74, 6) is 0. The molecule has 11 rings (SSSR count). The minimum absolute atomic E-state index is 0.157. The third-order valence-electron chi connectivity index (χ3n) is 12.7. The maximum absolute atomic E-state index is 14.0. The number of hydrogen-bond acceptors (Lipinski definition) is 2. The van der Waals surface area contributed by atoms with Gasteiger partial charge in [-0.25, -0.2) is 9.69 Å². The zero-order valence-corrected chi connectivity index (χ0v) is 35.7. The SMILES string of the molecule is [C-]#[N+]c1cc(C(F)(F)F)ccc1-c1ccc(-n2c3ccccc3c3cc(-c4ccccc4C#N)ccc32)c(-c2c([N+]#[C-])cccc2-n2c3ccccc3c3cc(-c4ccccc4C#N)ccc32)c1. The quantitative estimate of drug-likeness (QED) is 0.156. The molecular weight excluding hydrogens is 850 g/mol. The van der Waals surface area contributed by atoms with Crippen molar-refractivity contribution < 1.29 is 13.2 Å². The van der Waals surface area contributed by atoms with Gasteiger partial charge in [-0.15, -0.1) is 0 Å². The van der Waals surface area contributed by atoms with Gasteiger partial charge in [-0.1, -0.05) is 115 Å². The van der Waals surface area contributed by atoms with Gasteiger partial charge in [-0.05, 0) is 112 Å². The lowest BCUT2D eigenvalue weighted by molar-refractivity contribution is -0.137. The van der Waals surface area contributed by atoms with Crippen molar-refractivity contribution in [2.24, 2.45) is 0 Å². The van der Waals surface area contributed by atoms with Crippen molar-refractivity contribution in [3.05, 3.63) is 228 Å². The molecule has 0 aliphatic carbocycles. The van der Waals surface area contributed by atoms with Crippen molar-refractivity contribution in [2.75, 3.05) is 0 Å². The number of fused-ring (bicyclic) bond motifs is 6. The van der Waals surface area contributed by atoms with Crippen molar-refractivity contribution >= 4 is 55.0 Å². The van der Waals surface area contributed by atoms with Gasteiger partial charge < -0.3 is 9.13 Å². The Bertz CT molecular complexity index is 4090. The van der Waals surface area contributed by atoms with Crippen LogP contribution in [0.2, 0.25) is 0 Å². The van der Waals surface area contributed by atoms with Gasteiger partial charge in [0.1, 0.15) is 0 Å². The summed E-state index contributed by atoms with van der Waals surface area (Å²) in [6.07, 6.45) is -4.65. The summed E-state index contributed by atoms with van der Waals surface area (Å²) in [4.78, 5) is 7.71. The lowest BCUT2D eigenvalue weighted by Gasteiger charge is -2.21. The second-order valence-corrected chi connectivity index (χ2v) is 16.3. The highest BCUT2D eigenvalue weighted by atomic mass is 19.4. The van der Waals surface area contributed by atoms with Gasteiger partial charge >= 0.3 is 6.18 Å². The summed E-state index contributed by atoms with van der Waals surface area (Å²) < 4.78 is 46.3. The van der Waals surface area contributed by atoms with Crippen LogP contribution in [0.4, 0.5) is 24.5 Å². The number of benzene rings is 9. The number of para-hydroxylation sites is 2. The van der Waals surface area contributed by atoms with E-state index in [4.69, 9.17) is 13.1 Å². The van der Waals surface area contributed by atoms with Crippen LogP contribution < -0.4 is 0 Å². The Morgan fingerprint density at radius 2 is 0.912 bits per heavy atom. The molecule has 2 aromatic heterocycles. The third kappa shape index (κ3) is 6.54. The van der Waals surface area contributed by atoms with Gasteiger partial charge in [-0.2, -0.15) is 23.7 Å². The van der Waals surface area contributed by atoms with Gasteiger partial charge in [0.2, 0.25) is 0 Å². The Labute approximate surface area is 388 Å². The smallest absolute Gasteiger partial charge is 0.310 e. The van der Waals surface area contributed by atoms with E-state index in [0.29, 0.717) is 50.4 Å². The highest BCUT2D eigenvalue weighted by Crippen LogP contribution is 2.48. The predicted molar refractivity (Wildman–Crippen MR) is 264 cm³/mol. The molecule has 6 nitrogen and oxygen atoms in total. The molecular formula is C59H31F3N6. The van der Waals surface area contributed by atoms with Crippen molar-refractivity contribution in [1.29, 1.82) is 10.5 Å². The van der Waals surface area contributed by atoms with Crippen LogP contribution in [-0.2, 0) is 6.18 Å². The lowest BCUT2D eigenvalue weighted by atomic mass is 9.93. The third-order valence-corrected chi connectivity index (χ3v) is 12.7. The average molecular weight is 881 g/mol. The van der Waals surface area contributed by atoms with Crippen LogP contribution in [0.5, 0.6) is 0 Å². The molecule has 0 bridgehead atoms. The summed E-state index contributed by atoms with van der Waals surface area (Å²) in [5.41, 5.74) is 10.5. The van der Waals surface area contributed by atoms with E-state index >= 15 is 0 Å².